The smallest absolute Gasteiger partial charge is 0.336 e. The van der Waals surface area contributed by atoms with Crippen LogP contribution in [-0.4, -0.2) is 35.2 Å². The van der Waals surface area contributed by atoms with E-state index >= 15 is 0 Å². The highest BCUT2D eigenvalue weighted by molar-refractivity contribution is 5.94. The molecule has 2 unspecified atom stereocenters. The summed E-state index contributed by atoms with van der Waals surface area (Å²) in [4.78, 5) is 24.4. The molecule has 5 nitrogen and oxygen atoms in total. The Morgan fingerprint density at radius 3 is 2.50 bits per heavy atom. The number of aryl methyl sites for hydroxylation is 1. The maximum atomic E-state index is 11.5. The third kappa shape index (κ3) is 2.24. The van der Waals surface area contributed by atoms with Crippen molar-refractivity contribution in [1.82, 2.24) is 0 Å². The third-order valence-corrected chi connectivity index (χ3v) is 4.26. The molecule has 1 heterocycles. The standard InChI is InChI=1S/C15H19NO4/c1-8-4-6-11-14(13(8)15(19)20)10(5-7-12(17)18)9(2)16(11)3/h4,6,9-10H,5,7H2,1-3H3,(H,17,18)(H,19,20). The van der Waals surface area contributed by atoms with Gasteiger partial charge in [0.15, 0.2) is 0 Å². The number of hydrogen-bond acceptors (Lipinski definition) is 3. The lowest BCUT2D eigenvalue weighted by Gasteiger charge is -2.22. The molecule has 0 spiro atoms. The molecular formula is C15H19NO4. The summed E-state index contributed by atoms with van der Waals surface area (Å²) in [6.07, 6.45) is 0.507. The summed E-state index contributed by atoms with van der Waals surface area (Å²) < 4.78 is 0. The average Bonchev–Trinajstić information content (AvgIpc) is 2.59. The molecule has 0 saturated carbocycles. The second-order valence-corrected chi connectivity index (χ2v) is 5.39. The minimum Gasteiger partial charge on any atom is -0.481 e. The fourth-order valence-electron chi connectivity index (χ4n) is 3.08. The first-order valence-electron chi connectivity index (χ1n) is 6.66. The molecule has 0 radical (unpaired) electrons. The van der Waals surface area contributed by atoms with Gasteiger partial charge in [-0.25, -0.2) is 4.79 Å². The van der Waals surface area contributed by atoms with E-state index in [4.69, 9.17) is 5.11 Å². The number of carboxylic acid groups (broad SMARTS) is 2. The zero-order valence-electron chi connectivity index (χ0n) is 11.9. The Morgan fingerprint density at radius 1 is 1.30 bits per heavy atom. The summed E-state index contributed by atoms with van der Waals surface area (Å²) >= 11 is 0. The first kappa shape index (κ1) is 14.4. The molecule has 1 aromatic carbocycles. The van der Waals surface area contributed by atoms with Gasteiger partial charge >= 0.3 is 11.9 Å². The van der Waals surface area contributed by atoms with E-state index in [1.165, 1.54) is 0 Å². The highest BCUT2D eigenvalue weighted by Gasteiger charge is 2.37. The van der Waals surface area contributed by atoms with Crippen LogP contribution in [0.1, 0.15) is 47.2 Å². The van der Waals surface area contributed by atoms with Crippen LogP contribution in [0, 0.1) is 6.92 Å². The number of hydrogen-bond donors (Lipinski definition) is 2. The minimum atomic E-state index is -0.942. The van der Waals surface area contributed by atoms with Gasteiger partial charge < -0.3 is 15.1 Å². The zero-order valence-corrected chi connectivity index (χ0v) is 11.9. The molecule has 20 heavy (non-hydrogen) atoms. The van der Waals surface area contributed by atoms with Gasteiger partial charge in [0.25, 0.3) is 0 Å². The summed E-state index contributed by atoms with van der Waals surface area (Å²) in [5.41, 5.74) is 2.73. The summed E-state index contributed by atoms with van der Waals surface area (Å²) in [6.45, 7) is 3.79. The molecule has 1 aliphatic rings. The Labute approximate surface area is 117 Å². The lowest BCUT2D eigenvalue weighted by molar-refractivity contribution is -0.137. The molecule has 1 aromatic rings. The van der Waals surface area contributed by atoms with E-state index in [1.807, 2.05) is 31.0 Å². The fraction of sp³-hybridized carbons (Fsp3) is 0.467. The summed E-state index contributed by atoms with van der Waals surface area (Å²) in [5, 5.41) is 18.3. The van der Waals surface area contributed by atoms with Crippen LogP contribution in [0.15, 0.2) is 12.1 Å². The second-order valence-electron chi connectivity index (χ2n) is 5.39. The van der Waals surface area contributed by atoms with E-state index in [9.17, 15) is 14.7 Å². The molecule has 1 aliphatic heterocycles. The molecule has 0 bridgehead atoms. The van der Waals surface area contributed by atoms with Crippen LogP contribution in [0.2, 0.25) is 0 Å². The van der Waals surface area contributed by atoms with Crippen LogP contribution in [0.4, 0.5) is 5.69 Å². The Hall–Kier alpha value is -2.04. The highest BCUT2D eigenvalue weighted by Crippen LogP contribution is 2.45. The number of anilines is 1. The number of benzene rings is 1. The van der Waals surface area contributed by atoms with Crippen LogP contribution in [0.3, 0.4) is 0 Å². The number of likely N-dealkylation sites (N-methyl/N-ethyl adjacent to an activating group) is 1. The van der Waals surface area contributed by atoms with E-state index < -0.39 is 11.9 Å². The molecule has 0 fully saturated rings. The Balaban J connectivity index is 2.52. The second kappa shape index (κ2) is 5.15. The van der Waals surface area contributed by atoms with Crippen LogP contribution in [0.25, 0.3) is 0 Å². The normalized spacial score (nSPS) is 20.9. The van der Waals surface area contributed by atoms with E-state index in [-0.39, 0.29) is 18.4 Å². The van der Waals surface area contributed by atoms with Crippen molar-refractivity contribution in [1.29, 1.82) is 0 Å². The summed E-state index contributed by atoms with van der Waals surface area (Å²) in [6, 6.07) is 3.84. The van der Waals surface area contributed by atoms with E-state index in [2.05, 4.69) is 0 Å². The number of fused-ring (bicyclic) bond motifs is 1. The fourth-order valence-corrected chi connectivity index (χ4v) is 3.08. The number of aromatic carboxylic acids is 1. The van der Waals surface area contributed by atoms with Gasteiger partial charge in [-0.1, -0.05) is 6.07 Å². The van der Waals surface area contributed by atoms with Crippen molar-refractivity contribution in [2.24, 2.45) is 0 Å². The molecule has 108 valence electrons. The van der Waals surface area contributed by atoms with Gasteiger partial charge in [-0.3, -0.25) is 4.79 Å². The number of rotatable bonds is 4. The van der Waals surface area contributed by atoms with Crippen molar-refractivity contribution in [3.05, 3.63) is 28.8 Å². The quantitative estimate of drug-likeness (QED) is 0.884. The number of aliphatic carboxylic acids is 1. The van der Waals surface area contributed by atoms with Crippen LogP contribution < -0.4 is 4.90 Å². The van der Waals surface area contributed by atoms with Crippen molar-refractivity contribution in [2.75, 3.05) is 11.9 Å². The minimum absolute atomic E-state index is 0.0509. The number of nitrogens with zero attached hydrogens (tertiary/aromatic N) is 1. The van der Waals surface area contributed by atoms with Crippen molar-refractivity contribution < 1.29 is 19.8 Å². The predicted octanol–water partition coefficient (Wildman–Crippen LogP) is 2.48. The lowest BCUT2D eigenvalue weighted by Crippen LogP contribution is -2.27. The average molecular weight is 277 g/mol. The maximum Gasteiger partial charge on any atom is 0.336 e. The summed E-state index contributed by atoms with van der Waals surface area (Å²) in [7, 11) is 1.92. The molecule has 0 aromatic heterocycles. The lowest BCUT2D eigenvalue weighted by atomic mass is 9.86. The number of carbonyl (C=O) groups is 2. The monoisotopic (exact) mass is 277 g/mol. The van der Waals surface area contributed by atoms with E-state index in [1.54, 1.807) is 6.92 Å². The van der Waals surface area contributed by atoms with Gasteiger partial charge in [0.05, 0.1) is 5.56 Å². The van der Waals surface area contributed by atoms with Crippen LogP contribution >= 0.6 is 0 Å². The van der Waals surface area contributed by atoms with Crippen molar-refractivity contribution in [2.45, 2.75) is 38.6 Å². The molecule has 5 heteroatoms. The van der Waals surface area contributed by atoms with Gasteiger partial charge in [-0.2, -0.15) is 0 Å². The number of carboxylic acids is 2. The first-order chi connectivity index (χ1) is 9.34. The van der Waals surface area contributed by atoms with Crippen molar-refractivity contribution in [3.63, 3.8) is 0 Å². The third-order valence-electron chi connectivity index (χ3n) is 4.26. The molecule has 2 rings (SSSR count). The van der Waals surface area contributed by atoms with Gasteiger partial charge in [0.2, 0.25) is 0 Å². The van der Waals surface area contributed by atoms with Crippen molar-refractivity contribution in [3.8, 4) is 0 Å². The van der Waals surface area contributed by atoms with Gasteiger partial charge in [0, 0.05) is 31.1 Å². The topological polar surface area (TPSA) is 77.8 Å². The molecular weight excluding hydrogens is 258 g/mol. The Morgan fingerprint density at radius 2 is 1.95 bits per heavy atom. The molecule has 2 N–H and O–H groups in total. The maximum absolute atomic E-state index is 11.5. The summed E-state index contributed by atoms with van der Waals surface area (Å²) in [5.74, 6) is -1.85. The molecule has 0 amide bonds. The molecule has 0 saturated heterocycles. The Kier molecular flexibility index (Phi) is 3.70. The first-order valence-corrected chi connectivity index (χ1v) is 6.66. The highest BCUT2D eigenvalue weighted by atomic mass is 16.4. The molecule has 2 atom stereocenters. The SMILES string of the molecule is Cc1ccc2c(c1C(=O)O)C(CCC(=O)O)C(C)N2C. The van der Waals surface area contributed by atoms with Crippen LogP contribution in [0.5, 0.6) is 0 Å². The van der Waals surface area contributed by atoms with Gasteiger partial charge in [0.1, 0.15) is 0 Å². The van der Waals surface area contributed by atoms with Gasteiger partial charge in [-0.15, -0.1) is 0 Å². The van der Waals surface area contributed by atoms with E-state index in [0.29, 0.717) is 12.0 Å². The Bertz CT molecular complexity index is 567. The van der Waals surface area contributed by atoms with Crippen molar-refractivity contribution >= 4 is 17.6 Å². The largest absolute Gasteiger partial charge is 0.481 e. The molecule has 0 aliphatic carbocycles. The zero-order chi connectivity index (χ0) is 15.0. The predicted molar refractivity (Wildman–Crippen MR) is 75.6 cm³/mol. The van der Waals surface area contributed by atoms with E-state index in [0.717, 1.165) is 16.8 Å². The van der Waals surface area contributed by atoms with Crippen LogP contribution in [-0.2, 0) is 4.79 Å². The van der Waals surface area contributed by atoms with Gasteiger partial charge in [-0.05, 0) is 37.5 Å².